The molecule has 7 aromatic rings. The van der Waals surface area contributed by atoms with Gasteiger partial charge in [0.15, 0.2) is 0 Å². The van der Waals surface area contributed by atoms with Gasteiger partial charge in [-0.05, 0) is 170 Å². The van der Waals surface area contributed by atoms with Gasteiger partial charge in [0, 0.05) is 0 Å². The Morgan fingerprint density at radius 1 is 0.383 bits per heavy atom. The molecule has 2 aliphatic rings. The molecule has 0 spiro atoms. The van der Waals surface area contributed by atoms with Crippen LogP contribution >= 0.6 is 0 Å². The summed E-state index contributed by atoms with van der Waals surface area (Å²) in [5, 5.41) is 0. The van der Waals surface area contributed by atoms with E-state index in [9.17, 15) is 0 Å². The third-order valence-corrected chi connectivity index (χ3v) is 11.8. The second kappa shape index (κ2) is 15.8. The first-order chi connectivity index (χ1) is 28.4. The van der Waals surface area contributed by atoms with Crippen molar-refractivity contribution in [1.29, 1.82) is 0 Å². The van der Waals surface area contributed by atoms with E-state index in [1.165, 1.54) is 50.1 Å². The molecule has 9 rings (SSSR count). The van der Waals surface area contributed by atoms with Crippen molar-refractivity contribution in [3.8, 4) is 44.5 Å². The number of hydrogen-bond acceptors (Lipinski definition) is 2. The van der Waals surface area contributed by atoms with Gasteiger partial charge in [0.05, 0.1) is 22.8 Å². The van der Waals surface area contributed by atoms with E-state index in [4.69, 9.17) is 19.9 Å². The van der Waals surface area contributed by atoms with E-state index in [-0.39, 0.29) is 19.5 Å². The van der Waals surface area contributed by atoms with Gasteiger partial charge in [-0.1, -0.05) is 114 Å². The molecule has 8 bridgehead atoms. The molecule has 0 amide bonds. The van der Waals surface area contributed by atoms with Crippen molar-refractivity contribution < 1.29 is 19.5 Å². The average molecular weight is 830 g/mol. The number of nitrogens with zero attached hydrogens (tertiary/aromatic N) is 4. The Bertz CT molecular complexity index is 3020. The molecule has 2 aliphatic heterocycles. The molecular weight excluding hydrogens is 782 g/mol. The number of aryl methyl sites for hydroxylation is 9. The van der Waals surface area contributed by atoms with Crippen molar-refractivity contribution >= 4 is 52.4 Å². The first-order valence-corrected chi connectivity index (χ1v) is 20.4. The summed E-state index contributed by atoms with van der Waals surface area (Å²) in [4.78, 5) is 22.2. The van der Waals surface area contributed by atoms with Gasteiger partial charge in [-0.2, -0.15) is 0 Å². The van der Waals surface area contributed by atoms with Crippen LogP contribution in [0.15, 0.2) is 91.5 Å². The molecule has 0 saturated heterocycles. The molecule has 0 atom stereocenters. The fourth-order valence-electron chi connectivity index (χ4n) is 9.66. The largest absolute Gasteiger partial charge is 2.00 e. The number of benzene rings is 4. The summed E-state index contributed by atoms with van der Waals surface area (Å²) >= 11 is 0. The van der Waals surface area contributed by atoms with Crippen molar-refractivity contribution in [2.45, 2.75) is 62.3 Å². The maximum absolute atomic E-state index is 5.57. The summed E-state index contributed by atoms with van der Waals surface area (Å²) in [6.45, 7) is 23.7. The standard InChI is InChI=1S/C55H48N4.Zn/c1-11-39-12-14-40(15-13-39)52-41-16-18-43(56-41)53(49-33(5)24-30(2)25-34(49)6)45-20-22-47(58-45)55(51-37(9)28-32(4)29-38(51)10)48-23-21-46(59-48)54(44-19-17-42(52)57-44)50-35(7)26-31(3)27-36(50)8;/h11-29H,1H2,2-10H3;/q-2;+2. The fourth-order valence-corrected chi connectivity index (χ4v) is 9.66. The van der Waals surface area contributed by atoms with Crippen LogP contribution in [-0.2, 0) is 19.5 Å². The Morgan fingerprint density at radius 3 is 0.967 bits per heavy atom. The second-order valence-electron chi connectivity index (χ2n) is 16.5. The summed E-state index contributed by atoms with van der Waals surface area (Å²) in [6, 6.07) is 30.7. The minimum atomic E-state index is 0. The molecule has 4 nitrogen and oxygen atoms in total. The first kappa shape index (κ1) is 40.6. The quantitative estimate of drug-likeness (QED) is 0.162. The molecule has 5 heteroatoms. The summed E-state index contributed by atoms with van der Waals surface area (Å²) < 4.78 is 0. The Labute approximate surface area is 366 Å². The van der Waals surface area contributed by atoms with Crippen LogP contribution in [0.3, 0.4) is 0 Å². The fraction of sp³-hybridized carbons (Fsp3) is 0.164. The zero-order chi connectivity index (χ0) is 41.3. The molecule has 0 radical (unpaired) electrons. The molecular formula is C55H48N4Zn. The zero-order valence-electron chi connectivity index (χ0n) is 36.2. The van der Waals surface area contributed by atoms with E-state index in [1.54, 1.807) is 0 Å². The van der Waals surface area contributed by atoms with E-state index >= 15 is 0 Å². The Kier molecular flexibility index (Phi) is 10.7. The maximum Gasteiger partial charge on any atom is 2.00 e. The van der Waals surface area contributed by atoms with E-state index in [0.717, 1.165) is 94.9 Å². The topological polar surface area (TPSA) is 54.0 Å². The summed E-state index contributed by atoms with van der Waals surface area (Å²) in [7, 11) is 0. The van der Waals surface area contributed by atoms with Gasteiger partial charge in [0.25, 0.3) is 0 Å². The molecule has 0 unspecified atom stereocenters. The second-order valence-corrected chi connectivity index (χ2v) is 16.5. The van der Waals surface area contributed by atoms with Gasteiger partial charge in [0.1, 0.15) is 0 Å². The Balaban J connectivity index is 0.00000499. The number of rotatable bonds is 5. The molecule has 60 heavy (non-hydrogen) atoms. The van der Waals surface area contributed by atoms with Gasteiger partial charge < -0.3 is 9.97 Å². The monoisotopic (exact) mass is 828 g/mol. The Hall–Kier alpha value is -6.16. The predicted octanol–water partition coefficient (Wildman–Crippen LogP) is 14.0. The van der Waals surface area contributed by atoms with Crippen molar-refractivity contribution in [3.05, 3.63) is 170 Å². The molecule has 0 fully saturated rings. The van der Waals surface area contributed by atoms with Crippen molar-refractivity contribution in [1.82, 2.24) is 19.9 Å². The molecule has 0 N–H and O–H groups in total. The molecule has 0 saturated carbocycles. The van der Waals surface area contributed by atoms with E-state index in [1.807, 2.05) is 6.08 Å². The van der Waals surface area contributed by atoms with Gasteiger partial charge in [-0.25, -0.2) is 9.97 Å². The molecule has 5 heterocycles. The minimum Gasteiger partial charge on any atom is -0.657 e. The number of fused-ring (bicyclic) bond motifs is 8. The molecule has 4 aromatic carbocycles. The zero-order valence-corrected chi connectivity index (χ0v) is 39.1. The van der Waals surface area contributed by atoms with Crippen molar-refractivity contribution in [2.24, 2.45) is 0 Å². The molecule has 290 valence electrons. The minimum absolute atomic E-state index is 0. The van der Waals surface area contributed by atoms with Crippen LogP contribution in [-0.4, -0.2) is 9.97 Å². The van der Waals surface area contributed by atoms with E-state index in [0.29, 0.717) is 0 Å². The third-order valence-electron chi connectivity index (χ3n) is 11.8. The van der Waals surface area contributed by atoms with Gasteiger partial charge in [-0.15, -0.1) is 22.1 Å². The molecule has 3 aromatic heterocycles. The van der Waals surface area contributed by atoms with E-state index in [2.05, 4.69) is 178 Å². The maximum atomic E-state index is 5.57. The van der Waals surface area contributed by atoms with Crippen LogP contribution in [0.1, 0.15) is 78.4 Å². The Morgan fingerprint density at radius 2 is 0.667 bits per heavy atom. The smallest absolute Gasteiger partial charge is 0.657 e. The summed E-state index contributed by atoms with van der Waals surface area (Å²) in [5.41, 5.74) is 27.3. The van der Waals surface area contributed by atoms with E-state index < -0.39 is 0 Å². The van der Waals surface area contributed by atoms with Crippen molar-refractivity contribution in [3.63, 3.8) is 0 Å². The summed E-state index contributed by atoms with van der Waals surface area (Å²) in [6.07, 6.45) is 10.5. The van der Waals surface area contributed by atoms with Crippen LogP contribution in [0.25, 0.3) is 97.0 Å². The average Bonchev–Trinajstić information content (AvgIpc) is 4.02. The number of aromatic nitrogens is 4. The van der Waals surface area contributed by atoms with Gasteiger partial charge in [-0.3, -0.25) is 0 Å². The van der Waals surface area contributed by atoms with Crippen LogP contribution in [0.4, 0.5) is 0 Å². The SMILES string of the molecule is C=Cc1ccc(-c2c3nc(c(-c4c(C)cc(C)cc4C)c4ccc([n-]4)c(-c4c(C)cc(C)cc4C)c4nc(c(-c5c(C)cc(C)cc5C)c5ccc2[n-]5)C=C4)C=C3)cc1.[Zn+2]. The summed E-state index contributed by atoms with van der Waals surface area (Å²) in [5.74, 6) is 0. The van der Waals surface area contributed by atoms with Gasteiger partial charge in [0.2, 0.25) is 0 Å². The van der Waals surface area contributed by atoms with Crippen LogP contribution in [0.2, 0.25) is 0 Å². The third kappa shape index (κ3) is 7.05. The predicted molar refractivity (Wildman–Crippen MR) is 251 cm³/mol. The van der Waals surface area contributed by atoms with Crippen LogP contribution in [0, 0.1) is 62.3 Å². The van der Waals surface area contributed by atoms with Crippen LogP contribution in [0.5, 0.6) is 0 Å². The number of hydrogen-bond donors (Lipinski definition) is 0. The van der Waals surface area contributed by atoms with Crippen LogP contribution < -0.4 is 9.97 Å². The normalized spacial score (nSPS) is 11.9. The van der Waals surface area contributed by atoms with Crippen molar-refractivity contribution in [2.75, 3.05) is 0 Å². The van der Waals surface area contributed by atoms with Gasteiger partial charge >= 0.3 is 19.5 Å². The first-order valence-electron chi connectivity index (χ1n) is 20.4. The molecule has 0 aliphatic carbocycles.